The van der Waals surface area contributed by atoms with E-state index in [1.165, 1.54) is 4.90 Å². The van der Waals surface area contributed by atoms with Crippen LogP contribution in [0.15, 0.2) is 0 Å². The standard InChI is InChI=1S/C12H25N3O2/c1-11(13-5-4-6-14(2)3)12(16)15-7-9-17-10-8-15/h11,13H,4-10H2,1-3H3/p+2/t11-/m0/s1. The maximum Gasteiger partial charge on any atom is 0.280 e. The van der Waals surface area contributed by atoms with Crippen molar-refractivity contribution in [2.24, 2.45) is 0 Å². The predicted octanol–water partition coefficient (Wildman–Crippen LogP) is -2.67. The lowest BCUT2D eigenvalue weighted by Crippen LogP contribution is -3.06. The fourth-order valence-electron chi connectivity index (χ4n) is 2.00. The first-order valence-corrected chi connectivity index (χ1v) is 6.60. The summed E-state index contributed by atoms with van der Waals surface area (Å²) in [5.74, 6) is 0.255. The molecule has 0 saturated carbocycles. The SMILES string of the molecule is C[C@H]([NH2+]CCC[NH+](C)C)C(=O)N1CCOCC1. The van der Waals surface area contributed by atoms with Crippen LogP contribution in [0.1, 0.15) is 13.3 Å². The molecule has 0 aromatic heterocycles. The fourth-order valence-corrected chi connectivity index (χ4v) is 2.00. The van der Waals surface area contributed by atoms with Crippen LogP contribution in [0.5, 0.6) is 0 Å². The van der Waals surface area contributed by atoms with Crippen molar-refractivity contribution >= 4 is 5.91 Å². The number of hydrogen-bond acceptors (Lipinski definition) is 2. The molecule has 0 aliphatic carbocycles. The van der Waals surface area contributed by atoms with Crippen LogP contribution in [0.25, 0.3) is 0 Å². The van der Waals surface area contributed by atoms with Crippen LogP contribution in [-0.4, -0.2) is 70.3 Å². The summed E-state index contributed by atoms with van der Waals surface area (Å²) in [4.78, 5) is 15.4. The molecule has 0 aromatic rings. The van der Waals surface area contributed by atoms with Gasteiger partial charge in [-0.1, -0.05) is 0 Å². The van der Waals surface area contributed by atoms with Crippen molar-refractivity contribution in [3.8, 4) is 0 Å². The predicted molar refractivity (Wildman–Crippen MR) is 65.9 cm³/mol. The van der Waals surface area contributed by atoms with Crippen LogP contribution in [0, 0.1) is 0 Å². The smallest absolute Gasteiger partial charge is 0.280 e. The molecular formula is C12H27N3O2+2. The second-order valence-electron chi connectivity index (χ2n) is 5.06. The van der Waals surface area contributed by atoms with Crippen LogP contribution >= 0.6 is 0 Å². The van der Waals surface area contributed by atoms with Crippen molar-refractivity contribution < 1.29 is 19.7 Å². The number of nitrogens with one attached hydrogen (secondary N) is 1. The number of ether oxygens (including phenoxy) is 1. The number of hydrogen-bond donors (Lipinski definition) is 2. The zero-order valence-corrected chi connectivity index (χ0v) is 11.4. The van der Waals surface area contributed by atoms with Gasteiger partial charge >= 0.3 is 0 Å². The topological polar surface area (TPSA) is 50.6 Å². The number of morpholine rings is 1. The molecule has 1 amide bonds. The molecule has 0 aromatic carbocycles. The quantitative estimate of drug-likeness (QED) is 0.502. The Balaban J connectivity index is 2.17. The third kappa shape index (κ3) is 5.48. The third-order valence-electron chi connectivity index (χ3n) is 3.11. The maximum absolute atomic E-state index is 12.1. The summed E-state index contributed by atoms with van der Waals surface area (Å²) in [6.07, 6.45) is 1.16. The van der Waals surface area contributed by atoms with E-state index in [0.29, 0.717) is 13.2 Å². The van der Waals surface area contributed by atoms with Crippen LogP contribution in [0.3, 0.4) is 0 Å². The number of nitrogens with zero attached hydrogens (tertiary/aromatic N) is 1. The molecule has 17 heavy (non-hydrogen) atoms. The lowest BCUT2D eigenvalue weighted by molar-refractivity contribution is -0.860. The Bertz CT molecular complexity index is 228. The molecule has 3 N–H and O–H groups in total. The van der Waals surface area contributed by atoms with Gasteiger partial charge in [-0.3, -0.25) is 4.79 Å². The molecule has 1 heterocycles. The Morgan fingerprint density at radius 1 is 1.41 bits per heavy atom. The normalized spacial score (nSPS) is 18.5. The van der Waals surface area contributed by atoms with Gasteiger partial charge in [0.05, 0.1) is 40.4 Å². The Morgan fingerprint density at radius 2 is 2.06 bits per heavy atom. The lowest BCUT2D eigenvalue weighted by Gasteiger charge is -2.28. The van der Waals surface area contributed by atoms with Crippen LogP contribution in [0.2, 0.25) is 0 Å². The number of carbonyl (C=O) groups is 1. The average molecular weight is 245 g/mol. The maximum atomic E-state index is 12.1. The van der Waals surface area contributed by atoms with Gasteiger partial charge in [0.1, 0.15) is 0 Å². The van der Waals surface area contributed by atoms with Crippen molar-refractivity contribution in [2.75, 3.05) is 53.5 Å². The van der Waals surface area contributed by atoms with Crippen molar-refractivity contribution in [3.63, 3.8) is 0 Å². The Hall–Kier alpha value is -0.650. The van der Waals surface area contributed by atoms with Gasteiger partial charge in [0, 0.05) is 19.5 Å². The van der Waals surface area contributed by atoms with Crippen molar-refractivity contribution in [1.82, 2.24) is 4.90 Å². The second-order valence-corrected chi connectivity index (χ2v) is 5.06. The molecule has 1 saturated heterocycles. The van der Waals surface area contributed by atoms with Gasteiger partial charge in [-0.15, -0.1) is 0 Å². The summed E-state index contributed by atoms with van der Waals surface area (Å²) in [7, 11) is 4.31. The molecule has 5 heteroatoms. The highest BCUT2D eigenvalue weighted by atomic mass is 16.5. The molecule has 5 nitrogen and oxygen atoms in total. The molecule has 0 bridgehead atoms. The molecule has 1 aliphatic heterocycles. The fraction of sp³-hybridized carbons (Fsp3) is 0.917. The minimum atomic E-state index is 0.0465. The first-order valence-electron chi connectivity index (χ1n) is 6.60. The summed E-state index contributed by atoms with van der Waals surface area (Å²) < 4.78 is 5.25. The van der Waals surface area contributed by atoms with E-state index in [1.807, 2.05) is 11.8 Å². The minimum absolute atomic E-state index is 0.0465. The van der Waals surface area contributed by atoms with Crippen LogP contribution < -0.4 is 10.2 Å². The van der Waals surface area contributed by atoms with Gasteiger partial charge in [-0.2, -0.15) is 0 Å². The summed E-state index contributed by atoms with van der Waals surface area (Å²) in [5.41, 5.74) is 0. The molecule has 1 fully saturated rings. The summed E-state index contributed by atoms with van der Waals surface area (Å²) >= 11 is 0. The monoisotopic (exact) mass is 245 g/mol. The first kappa shape index (κ1) is 14.4. The van der Waals surface area contributed by atoms with Gasteiger partial charge in [-0.05, 0) is 6.92 Å². The first-order chi connectivity index (χ1) is 8.11. The molecule has 1 aliphatic rings. The van der Waals surface area contributed by atoms with Crippen molar-refractivity contribution in [1.29, 1.82) is 0 Å². The molecule has 1 rings (SSSR count). The number of carbonyl (C=O) groups excluding carboxylic acids is 1. The van der Waals surface area contributed by atoms with E-state index in [-0.39, 0.29) is 11.9 Å². The van der Waals surface area contributed by atoms with E-state index in [1.54, 1.807) is 0 Å². The Kier molecular flexibility index (Phi) is 6.47. The molecule has 1 atom stereocenters. The Morgan fingerprint density at radius 3 is 2.65 bits per heavy atom. The van der Waals surface area contributed by atoms with E-state index in [9.17, 15) is 4.79 Å². The van der Waals surface area contributed by atoms with Gasteiger partial charge in [0.2, 0.25) is 0 Å². The number of quaternary nitrogens is 2. The highest BCUT2D eigenvalue weighted by Gasteiger charge is 2.24. The van der Waals surface area contributed by atoms with Crippen molar-refractivity contribution in [2.45, 2.75) is 19.4 Å². The van der Waals surface area contributed by atoms with Gasteiger partial charge < -0.3 is 19.9 Å². The lowest BCUT2D eigenvalue weighted by atomic mass is 10.2. The van der Waals surface area contributed by atoms with E-state index >= 15 is 0 Å². The Labute approximate surface area is 104 Å². The summed E-state index contributed by atoms with van der Waals surface area (Å²) in [6, 6.07) is 0.0465. The molecule has 0 radical (unpaired) electrons. The average Bonchev–Trinajstić information content (AvgIpc) is 2.34. The highest BCUT2D eigenvalue weighted by Crippen LogP contribution is 1.98. The molecule has 100 valence electrons. The van der Waals surface area contributed by atoms with Gasteiger partial charge in [0.15, 0.2) is 6.04 Å². The van der Waals surface area contributed by atoms with E-state index in [4.69, 9.17) is 4.74 Å². The van der Waals surface area contributed by atoms with Crippen LogP contribution in [-0.2, 0) is 9.53 Å². The third-order valence-corrected chi connectivity index (χ3v) is 3.11. The molecule has 0 spiro atoms. The molecule has 0 unspecified atom stereocenters. The number of amides is 1. The van der Waals surface area contributed by atoms with E-state index in [0.717, 1.165) is 32.6 Å². The number of nitrogens with two attached hydrogens (primary N) is 1. The number of rotatable bonds is 6. The largest absolute Gasteiger partial charge is 0.378 e. The van der Waals surface area contributed by atoms with E-state index in [2.05, 4.69) is 19.4 Å². The summed E-state index contributed by atoms with van der Waals surface area (Å²) in [5, 5.41) is 2.15. The minimum Gasteiger partial charge on any atom is -0.378 e. The van der Waals surface area contributed by atoms with Crippen molar-refractivity contribution in [3.05, 3.63) is 0 Å². The molecular weight excluding hydrogens is 218 g/mol. The van der Waals surface area contributed by atoms with E-state index < -0.39 is 0 Å². The van der Waals surface area contributed by atoms with Crippen LogP contribution in [0.4, 0.5) is 0 Å². The highest BCUT2D eigenvalue weighted by molar-refractivity contribution is 5.80. The zero-order valence-electron chi connectivity index (χ0n) is 11.4. The second kappa shape index (κ2) is 7.63. The summed E-state index contributed by atoms with van der Waals surface area (Å²) in [6.45, 7) is 7.06. The van der Waals surface area contributed by atoms with Gasteiger partial charge in [-0.25, -0.2) is 0 Å². The zero-order chi connectivity index (χ0) is 12.7. The van der Waals surface area contributed by atoms with Gasteiger partial charge in [0.25, 0.3) is 5.91 Å².